The van der Waals surface area contributed by atoms with Crippen LogP contribution in [0.4, 0.5) is 0 Å². The molecule has 0 saturated carbocycles. The van der Waals surface area contributed by atoms with Gasteiger partial charge in [-0.2, -0.15) is 5.10 Å². The van der Waals surface area contributed by atoms with Crippen molar-refractivity contribution in [3.8, 4) is 0 Å². The van der Waals surface area contributed by atoms with Gasteiger partial charge >= 0.3 is 0 Å². The molecule has 0 spiro atoms. The summed E-state index contributed by atoms with van der Waals surface area (Å²) in [5.74, 6) is 0.211. The maximum absolute atomic E-state index is 12.4. The minimum atomic E-state index is 0.211. The minimum Gasteiger partial charge on any atom is -0.337 e. The van der Waals surface area contributed by atoms with Crippen molar-refractivity contribution in [1.82, 2.24) is 20.0 Å². The number of rotatable bonds is 2. The lowest BCUT2D eigenvalue weighted by molar-refractivity contribution is -0.133. The Kier molecular flexibility index (Phi) is 3.71. The Morgan fingerprint density at radius 2 is 2.22 bits per heavy atom. The van der Waals surface area contributed by atoms with Gasteiger partial charge in [0.05, 0.1) is 12.1 Å². The second kappa shape index (κ2) is 5.10. The molecule has 1 saturated heterocycles. The molecule has 0 unspecified atom stereocenters. The van der Waals surface area contributed by atoms with Gasteiger partial charge in [0.2, 0.25) is 5.91 Å². The van der Waals surface area contributed by atoms with Crippen LogP contribution in [0, 0.1) is 13.8 Å². The van der Waals surface area contributed by atoms with Crippen LogP contribution < -0.4 is 5.32 Å². The molecule has 1 fully saturated rings. The smallest absolute Gasteiger partial charge is 0.227 e. The van der Waals surface area contributed by atoms with Gasteiger partial charge < -0.3 is 10.2 Å². The number of carbonyl (C=O) groups is 1. The summed E-state index contributed by atoms with van der Waals surface area (Å²) in [6.07, 6.45) is 0.468. The van der Waals surface area contributed by atoms with Crippen molar-refractivity contribution in [2.24, 2.45) is 7.05 Å². The number of carbonyl (C=O) groups excluding carboxylic acids is 1. The average Bonchev–Trinajstić information content (AvgIpc) is 2.56. The summed E-state index contributed by atoms with van der Waals surface area (Å²) in [4.78, 5) is 14.3. The van der Waals surface area contributed by atoms with Crippen LogP contribution in [0.25, 0.3) is 0 Å². The van der Waals surface area contributed by atoms with Gasteiger partial charge in [0, 0.05) is 44.0 Å². The first kappa shape index (κ1) is 13.1. The summed E-state index contributed by atoms with van der Waals surface area (Å²) in [6, 6.07) is 0.281. The lowest BCUT2D eigenvalue weighted by Crippen LogP contribution is -2.52. The maximum atomic E-state index is 12.4. The van der Waals surface area contributed by atoms with Crippen molar-refractivity contribution in [2.75, 3.05) is 19.6 Å². The predicted molar refractivity (Wildman–Crippen MR) is 70.4 cm³/mol. The van der Waals surface area contributed by atoms with Gasteiger partial charge in [0.15, 0.2) is 0 Å². The Balaban J connectivity index is 2.11. The molecule has 1 atom stereocenters. The summed E-state index contributed by atoms with van der Waals surface area (Å²) in [6.45, 7) is 8.66. The Morgan fingerprint density at radius 3 is 2.78 bits per heavy atom. The number of aromatic nitrogens is 2. The number of amides is 1. The summed E-state index contributed by atoms with van der Waals surface area (Å²) in [5, 5.41) is 7.66. The van der Waals surface area contributed by atoms with Gasteiger partial charge in [-0.25, -0.2) is 0 Å². The van der Waals surface area contributed by atoms with E-state index in [9.17, 15) is 4.79 Å². The quantitative estimate of drug-likeness (QED) is 0.826. The molecule has 0 bridgehead atoms. The zero-order valence-electron chi connectivity index (χ0n) is 11.7. The highest BCUT2D eigenvalue weighted by atomic mass is 16.2. The SMILES string of the molecule is Cc1nn(C)c(C)c1CC(=O)N1CCNC[C@H]1C. The van der Waals surface area contributed by atoms with Gasteiger partial charge in [-0.3, -0.25) is 9.48 Å². The van der Waals surface area contributed by atoms with E-state index in [1.807, 2.05) is 30.5 Å². The van der Waals surface area contributed by atoms with E-state index in [2.05, 4.69) is 17.3 Å². The lowest BCUT2D eigenvalue weighted by atomic mass is 10.1. The fourth-order valence-electron chi connectivity index (χ4n) is 2.54. The minimum absolute atomic E-state index is 0.211. The van der Waals surface area contributed by atoms with Crippen LogP contribution in [0.3, 0.4) is 0 Å². The van der Waals surface area contributed by atoms with E-state index in [0.29, 0.717) is 6.42 Å². The molecule has 1 N–H and O–H groups in total. The molecule has 1 amide bonds. The summed E-state index contributed by atoms with van der Waals surface area (Å²) >= 11 is 0. The van der Waals surface area contributed by atoms with Crippen molar-refractivity contribution in [3.05, 3.63) is 17.0 Å². The van der Waals surface area contributed by atoms with E-state index < -0.39 is 0 Å². The molecule has 0 radical (unpaired) electrons. The van der Waals surface area contributed by atoms with E-state index in [0.717, 1.165) is 36.6 Å². The Hall–Kier alpha value is -1.36. The number of nitrogens with one attached hydrogen (secondary N) is 1. The van der Waals surface area contributed by atoms with Crippen LogP contribution in [-0.2, 0) is 18.3 Å². The number of hydrogen-bond acceptors (Lipinski definition) is 3. The Labute approximate surface area is 108 Å². The van der Waals surface area contributed by atoms with Gasteiger partial charge in [-0.15, -0.1) is 0 Å². The molecular formula is C13H22N4O. The molecule has 0 aliphatic carbocycles. The predicted octanol–water partition coefficient (Wildman–Crippen LogP) is 0.400. The number of nitrogens with zero attached hydrogens (tertiary/aromatic N) is 3. The molecule has 2 heterocycles. The molecule has 0 aromatic carbocycles. The van der Waals surface area contributed by atoms with Gasteiger partial charge in [0.1, 0.15) is 0 Å². The van der Waals surface area contributed by atoms with E-state index >= 15 is 0 Å². The molecule has 1 aromatic rings. The Bertz CT molecular complexity index is 452. The van der Waals surface area contributed by atoms with E-state index in [-0.39, 0.29) is 11.9 Å². The van der Waals surface area contributed by atoms with Crippen LogP contribution >= 0.6 is 0 Å². The van der Waals surface area contributed by atoms with Gasteiger partial charge in [-0.1, -0.05) is 0 Å². The van der Waals surface area contributed by atoms with Crippen LogP contribution in [0.1, 0.15) is 23.9 Å². The van der Waals surface area contributed by atoms with Crippen LogP contribution in [0.2, 0.25) is 0 Å². The van der Waals surface area contributed by atoms with Crippen molar-refractivity contribution >= 4 is 5.91 Å². The van der Waals surface area contributed by atoms with Crippen LogP contribution in [0.15, 0.2) is 0 Å². The molecular weight excluding hydrogens is 228 g/mol. The van der Waals surface area contributed by atoms with Crippen molar-refractivity contribution in [3.63, 3.8) is 0 Å². The normalized spacial score (nSPS) is 20.2. The largest absolute Gasteiger partial charge is 0.337 e. The average molecular weight is 250 g/mol. The first-order valence-electron chi connectivity index (χ1n) is 6.50. The van der Waals surface area contributed by atoms with Crippen molar-refractivity contribution in [1.29, 1.82) is 0 Å². The number of aryl methyl sites for hydroxylation is 2. The fourth-order valence-corrected chi connectivity index (χ4v) is 2.54. The van der Waals surface area contributed by atoms with Crippen LogP contribution in [-0.4, -0.2) is 46.3 Å². The first-order chi connectivity index (χ1) is 8.50. The molecule has 1 aliphatic rings. The lowest BCUT2D eigenvalue weighted by Gasteiger charge is -2.34. The monoisotopic (exact) mass is 250 g/mol. The highest BCUT2D eigenvalue weighted by molar-refractivity contribution is 5.79. The molecule has 100 valence electrons. The third kappa shape index (κ3) is 2.41. The van der Waals surface area contributed by atoms with E-state index in [1.165, 1.54) is 0 Å². The number of piperazine rings is 1. The number of hydrogen-bond donors (Lipinski definition) is 1. The zero-order valence-corrected chi connectivity index (χ0v) is 11.7. The Morgan fingerprint density at radius 1 is 1.50 bits per heavy atom. The molecule has 1 aromatic heterocycles. The topological polar surface area (TPSA) is 50.2 Å². The third-order valence-corrected chi connectivity index (χ3v) is 3.81. The highest BCUT2D eigenvalue weighted by Crippen LogP contribution is 2.15. The van der Waals surface area contributed by atoms with Crippen LogP contribution in [0.5, 0.6) is 0 Å². The summed E-state index contributed by atoms with van der Waals surface area (Å²) in [7, 11) is 1.92. The molecule has 18 heavy (non-hydrogen) atoms. The van der Waals surface area contributed by atoms with E-state index in [1.54, 1.807) is 0 Å². The second-order valence-electron chi connectivity index (χ2n) is 5.09. The van der Waals surface area contributed by atoms with Crippen molar-refractivity contribution in [2.45, 2.75) is 33.2 Å². The summed E-state index contributed by atoms with van der Waals surface area (Å²) < 4.78 is 1.85. The molecule has 2 rings (SSSR count). The molecule has 5 heteroatoms. The standard InChI is InChI=1S/C13H22N4O/c1-9-8-14-5-6-17(9)13(18)7-12-10(2)15-16(4)11(12)3/h9,14H,5-8H2,1-4H3/t9-/m1/s1. The molecule has 5 nitrogen and oxygen atoms in total. The second-order valence-corrected chi connectivity index (χ2v) is 5.09. The van der Waals surface area contributed by atoms with Crippen molar-refractivity contribution < 1.29 is 4.79 Å². The van der Waals surface area contributed by atoms with Gasteiger partial charge in [-0.05, 0) is 20.8 Å². The van der Waals surface area contributed by atoms with E-state index in [4.69, 9.17) is 0 Å². The first-order valence-corrected chi connectivity index (χ1v) is 6.50. The zero-order chi connectivity index (χ0) is 13.3. The fraction of sp³-hybridized carbons (Fsp3) is 0.692. The third-order valence-electron chi connectivity index (χ3n) is 3.81. The molecule has 1 aliphatic heterocycles. The summed E-state index contributed by atoms with van der Waals surface area (Å²) in [5.41, 5.74) is 3.13. The highest BCUT2D eigenvalue weighted by Gasteiger charge is 2.24. The van der Waals surface area contributed by atoms with Gasteiger partial charge in [0.25, 0.3) is 0 Å². The maximum Gasteiger partial charge on any atom is 0.227 e.